The summed E-state index contributed by atoms with van der Waals surface area (Å²) in [6, 6.07) is 8.25. The lowest BCUT2D eigenvalue weighted by molar-refractivity contribution is 0.546. The first-order valence-electron chi connectivity index (χ1n) is 7.22. The first-order valence-corrected chi connectivity index (χ1v) is 8.01. The summed E-state index contributed by atoms with van der Waals surface area (Å²) >= 11 is 3.48. The molecule has 0 aliphatic carbocycles. The fourth-order valence-electron chi connectivity index (χ4n) is 2.08. The van der Waals surface area contributed by atoms with Crippen molar-refractivity contribution in [2.45, 2.75) is 40.0 Å². The summed E-state index contributed by atoms with van der Waals surface area (Å²) in [6.45, 7) is 11.4. The molecule has 0 bridgehead atoms. The second-order valence-electron chi connectivity index (χ2n) is 6.16. The van der Waals surface area contributed by atoms with E-state index >= 15 is 0 Å². The van der Waals surface area contributed by atoms with Gasteiger partial charge in [-0.15, -0.1) is 0 Å². The average Bonchev–Trinajstić information content (AvgIpc) is 2.41. The van der Waals surface area contributed by atoms with Crippen molar-refractivity contribution in [3.63, 3.8) is 0 Å². The van der Waals surface area contributed by atoms with Crippen LogP contribution in [0.15, 0.2) is 28.7 Å². The largest absolute Gasteiger partial charge is 0.370 e. The predicted octanol–water partition coefficient (Wildman–Crippen LogP) is 4.94. The minimum absolute atomic E-state index is 0.0814. The highest BCUT2D eigenvalue weighted by Crippen LogP contribution is 2.30. The topological polar surface area (TPSA) is 37.8 Å². The lowest BCUT2D eigenvalue weighted by Gasteiger charge is -2.21. The molecule has 0 saturated heterocycles. The summed E-state index contributed by atoms with van der Waals surface area (Å²) in [5.74, 6) is 1.79. The van der Waals surface area contributed by atoms with Crippen LogP contribution in [0.1, 0.15) is 39.1 Å². The summed E-state index contributed by atoms with van der Waals surface area (Å²) in [4.78, 5) is 9.53. The van der Waals surface area contributed by atoms with Gasteiger partial charge in [0.15, 0.2) is 0 Å². The lowest BCUT2D eigenvalue weighted by atomic mass is 9.95. The van der Waals surface area contributed by atoms with E-state index in [1.807, 2.05) is 12.1 Å². The van der Waals surface area contributed by atoms with Crippen LogP contribution >= 0.6 is 15.9 Å². The standard InChI is InChI=1S/C17H22BrN3/c1-6-19-15-11(2)14(12-7-9-13(18)10-8-12)20-16(21-15)17(3,4)5/h7-10H,6H2,1-5H3,(H,19,20,21). The highest BCUT2D eigenvalue weighted by atomic mass is 79.9. The van der Waals surface area contributed by atoms with E-state index in [0.717, 1.165) is 39.5 Å². The van der Waals surface area contributed by atoms with Crippen molar-refractivity contribution in [1.82, 2.24) is 9.97 Å². The van der Waals surface area contributed by atoms with E-state index < -0.39 is 0 Å². The summed E-state index contributed by atoms with van der Waals surface area (Å²) in [5, 5.41) is 3.35. The predicted molar refractivity (Wildman–Crippen MR) is 92.8 cm³/mol. The molecule has 1 aromatic carbocycles. The van der Waals surface area contributed by atoms with Crippen LogP contribution < -0.4 is 5.32 Å². The van der Waals surface area contributed by atoms with Gasteiger partial charge in [0.25, 0.3) is 0 Å². The molecule has 0 spiro atoms. The number of halogens is 1. The van der Waals surface area contributed by atoms with E-state index in [-0.39, 0.29) is 5.41 Å². The van der Waals surface area contributed by atoms with Crippen LogP contribution in [0, 0.1) is 6.92 Å². The molecule has 0 radical (unpaired) electrons. The summed E-state index contributed by atoms with van der Waals surface area (Å²) in [5.41, 5.74) is 3.12. The zero-order chi connectivity index (χ0) is 15.6. The maximum absolute atomic E-state index is 4.82. The van der Waals surface area contributed by atoms with Crippen molar-refractivity contribution >= 4 is 21.7 Å². The minimum Gasteiger partial charge on any atom is -0.370 e. The summed E-state index contributed by atoms with van der Waals surface area (Å²) in [6.07, 6.45) is 0. The quantitative estimate of drug-likeness (QED) is 0.853. The van der Waals surface area contributed by atoms with Crippen LogP contribution in [-0.4, -0.2) is 16.5 Å². The normalized spacial score (nSPS) is 11.5. The Morgan fingerprint density at radius 1 is 1.10 bits per heavy atom. The second-order valence-corrected chi connectivity index (χ2v) is 7.07. The molecule has 3 nitrogen and oxygen atoms in total. The molecule has 21 heavy (non-hydrogen) atoms. The van der Waals surface area contributed by atoms with Crippen LogP contribution in [-0.2, 0) is 5.41 Å². The number of anilines is 1. The Morgan fingerprint density at radius 2 is 1.71 bits per heavy atom. The number of rotatable bonds is 3. The van der Waals surface area contributed by atoms with Gasteiger partial charge < -0.3 is 5.32 Å². The Hall–Kier alpha value is -1.42. The Labute approximate surface area is 135 Å². The third-order valence-corrected chi connectivity index (χ3v) is 3.81. The Balaban J connectivity index is 2.63. The monoisotopic (exact) mass is 347 g/mol. The molecule has 0 fully saturated rings. The lowest BCUT2D eigenvalue weighted by Crippen LogP contribution is -2.19. The molecule has 4 heteroatoms. The third kappa shape index (κ3) is 3.62. The molecule has 0 aliphatic heterocycles. The van der Waals surface area contributed by atoms with Gasteiger partial charge in [-0.05, 0) is 26.0 Å². The molecule has 0 unspecified atom stereocenters. The molecular formula is C17H22BrN3. The van der Waals surface area contributed by atoms with E-state index in [0.29, 0.717) is 0 Å². The highest BCUT2D eigenvalue weighted by Gasteiger charge is 2.21. The second kappa shape index (κ2) is 6.14. The van der Waals surface area contributed by atoms with E-state index in [1.54, 1.807) is 0 Å². The molecule has 1 N–H and O–H groups in total. The van der Waals surface area contributed by atoms with Gasteiger partial charge in [-0.2, -0.15) is 0 Å². The number of hydrogen-bond acceptors (Lipinski definition) is 3. The van der Waals surface area contributed by atoms with Gasteiger partial charge in [-0.3, -0.25) is 0 Å². The maximum atomic E-state index is 4.82. The van der Waals surface area contributed by atoms with Crippen molar-refractivity contribution in [3.05, 3.63) is 40.1 Å². The first kappa shape index (κ1) is 16.0. The van der Waals surface area contributed by atoms with Crippen LogP contribution in [0.4, 0.5) is 5.82 Å². The Bertz CT molecular complexity index is 628. The minimum atomic E-state index is -0.0814. The maximum Gasteiger partial charge on any atom is 0.136 e. The fraction of sp³-hybridized carbons (Fsp3) is 0.412. The van der Waals surface area contributed by atoms with Crippen molar-refractivity contribution in [2.24, 2.45) is 0 Å². The molecule has 112 valence electrons. The highest BCUT2D eigenvalue weighted by molar-refractivity contribution is 9.10. The molecule has 0 aliphatic rings. The van der Waals surface area contributed by atoms with Crippen molar-refractivity contribution in [2.75, 3.05) is 11.9 Å². The Kier molecular flexibility index (Phi) is 4.67. The van der Waals surface area contributed by atoms with E-state index in [2.05, 4.69) is 68.0 Å². The summed E-state index contributed by atoms with van der Waals surface area (Å²) < 4.78 is 1.07. The summed E-state index contributed by atoms with van der Waals surface area (Å²) in [7, 11) is 0. The van der Waals surface area contributed by atoms with Gasteiger partial charge in [0, 0.05) is 27.6 Å². The van der Waals surface area contributed by atoms with Gasteiger partial charge in [-0.1, -0.05) is 48.8 Å². The van der Waals surface area contributed by atoms with E-state index in [9.17, 15) is 0 Å². The zero-order valence-electron chi connectivity index (χ0n) is 13.3. The molecule has 0 saturated carbocycles. The number of aromatic nitrogens is 2. The molecule has 0 atom stereocenters. The number of nitrogens with zero attached hydrogens (tertiary/aromatic N) is 2. The van der Waals surface area contributed by atoms with Gasteiger partial charge in [-0.25, -0.2) is 9.97 Å². The fourth-order valence-corrected chi connectivity index (χ4v) is 2.34. The van der Waals surface area contributed by atoms with Crippen molar-refractivity contribution in [1.29, 1.82) is 0 Å². The SMILES string of the molecule is CCNc1nc(C(C)(C)C)nc(-c2ccc(Br)cc2)c1C. The van der Waals surface area contributed by atoms with Gasteiger partial charge in [0.05, 0.1) is 5.69 Å². The molecule has 1 aromatic heterocycles. The molecule has 2 rings (SSSR count). The van der Waals surface area contributed by atoms with Crippen LogP contribution in [0.3, 0.4) is 0 Å². The van der Waals surface area contributed by atoms with Crippen LogP contribution in [0.2, 0.25) is 0 Å². The van der Waals surface area contributed by atoms with Gasteiger partial charge in [0.2, 0.25) is 0 Å². The average molecular weight is 348 g/mol. The Morgan fingerprint density at radius 3 is 2.24 bits per heavy atom. The van der Waals surface area contributed by atoms with Crippen molar-refractivity contribution in [3.8, 4) is 11.3 Å². The number of hydrogen-bond donors (Lipinski definition) is 1. The zero-order valence-corrected chi connectivity index (χ0v) is 14.9. The smallest absolute Gasteiger partial charge is 0.136 e. The van der Waals surface area contributed by atoms with Crippen LogP contribution in [0.25, 0.3) is 11.3 Å². The van der Waals surface area contributed by atoms with E-state index in [4.69, 9.17) is 9.97 Å². The van der Waals surface area contributed by atoms with Crippen LogP contribution in [0.5, 0.6) is 0 Å². The molecule has 0 amide bonds. The van der Waals surface area contributed by atoms with Crippen molar-refractivity contribution < 1.29 is 0 Å². The molecule has 1 heterocycles. The number of benzene rings is 1. The third-order valence-electron chi connectivity index (χ3n) is 3.28. The molecular weight excluding hydrogens is 326 g/mol. The number of nitrogens with one attached hydrogen (secondary N) is 1. The molecule has 2 aromatic rings. The first-order chi connectivity index (χ1) is 9.82. The van der Waals surface area contributed by atoms with E-state index in [1.165, 1.54) is 0 Å². The van der Waals surface area contributed by atoms with Gasteiger partial charge >= 0.3 is 0 Å². The van der Waals surface area contributed by atoms with Gasteiger partial charge in [0.1, 0.15) is 11.6 Å².